The third kappa shape index (κ3) is 7.18. The first-order valence-electron chi connectivity index (χ1n) is 14.8. The molecule has 2 aliphatic rings. The molecule has 13 heteroatoms. The van der Waals surface area contributed by atoms with Gasteiger partial charge in [0.15, 0.2) is 5.82 Å². The van der Waals surface area contributed by atoms with Gasteiger partial charge in [-0.25, -0.2) is 28.7 Å². The summed E-state index contributed by atoms with van der Waals surface area (Å²) in [5.41, 5.74) is -0.427. The van der Waals surface area contributed by atoms with Crippen molar-refractivity contribution in [1.29, 1.82) is 0 Å². The van der Waals surface area contributed by atoms with E-state index in [4.69, 9.17) is 14.2 Å². The normalized spacial score (nSPS) is 17.6. The monoisotopic (exact) mass is 622 g/mol. The Hall–Kier alpha value is -4.68. The van der Waals surface area contributed by atoms with E-state index >= 15 is 4.39 Å². The van der Waals surface area contributed by atoms with E-state index in [2.05, 4.69) is 25.9 Å². The SMILES string of the molecule is Cc1c(-c2cc3cc(NC(=O)N[C@H]4C[C@H]4C)ncc3c(NC(=O)OC(C)(C)C)c2F)cnc2c1N(C(=O)OC(C)(C)C)CCO2. The van der Waals surface area contributed by atoms with Crippen molar-refractivity contribution in [1.82, 2.24) is 15.3 Å². The fraction of sp³-hybridized carbons (Fsp3) is 0.469. The van der Waals surface area contributed by atoms with E-state index in [0.717, 1.165) is 6.42 Å². The highest BCUT2D eigenvalue weighted by Gasteiger charge is 2.34. The van der Waals surface area contributed by atoms with E-state index in [1.165, 1.54) is 17.3 Å². The molecule has 0 bridgehead atoms. The molecule has 3 aromatic rings. The zero-order valence-electron chi connectivity index (χ0n) is 26.8. The van der Waals surface area contributed by atoms with Crippen molar-refractivity contribution in [3.8, 4) is 17.0 Å². The molecular weight excluding hydrogens is 583 g/mol. The molecule has 45 heavy (non-hydrogen) atoms. The summed E-state index contributed by atoms with van der Waals surface area (Å²) in [5.74, 6) is 0.103. The lowest BCUT2D eigenvalue weighted by Crippen LogP contribution is -2.42. The number of rotatable bonds is 4. The summed E-state index contributed by atoms with van der Waals surface area (Å²) in [4.78, 5) is 48.7. The van der Waals surface area contributed by atoms with Gasteiger partial charge in [0.1, 0.15) is 29.3 Å². The minimum absolute atomic E-state index is 0.0875. The number of benzene rings is 1. The lowest BCUT2D eigenvalue weighted by Gasteiger charge is -2.32. The van der Waals surface area contributed by atoms with Crippen LogP contribution in [-0.2, 0) is 9.47 Å². The predicted molar refractivity (Wildman–Crippen MR) is 168 cm³/mol. The highest BCUT2D eigenvalue weighted by Crippen LogP contribution is 2.42. The van der Waals surface area contributed by atoms with E-state index in [1.54, 1.807) is 60.6 Å². The van der Waals surface area contributed by atoms with Crippen LogP contribution in [0.2, 0.25) is 0 Å². The number of ether oxygens (including phenoxy) is 3. The Morgan fingerprint density at radius 2 is 1.69 bits per heavy atom. The van der Waals surface area contributed by atoms with Crippen molar-refractivity contribution in [2.75, 3.05) is 28.7 Å². The van der Waals surface area contributed by atoms with Crippen LogP contribution in [0.1, 0.15) is 60.5 Å². The van der Waals surface area contributed by atoms with Gasteiger partial charge in [-0.2, -0.15) is 0 Å². The highest BCUT2D eigenvalue weighted by atomic mass is 19.1. The van der Waals surface area contributed by atoms with Crippen LogP contribution in [0.4, 0.5) is 36.0 Å². The van der Waals surface area contributed by atoms with Crippen molar-refractivity contribution >= 4 is 46.2 Å². The van der Waals surface area contributed by atoms with Crippen LogP contribution in [0.3, 0.4) is 0 Å². The summed E-state index contributed by atoms with van der Waals surface area (Å²) < 4.78 is 33.3. The molecule has 0 saturated heterocycles. The Morgan fingerprint density at radius 3 is 2.33 bits per heavy atom. The van der Waals surface area contributed by atoms with Crippen LogP contribution in [-0.4, -0.2) is 58.6 Å². The second-order valence-corrected chi connectivity index (χ2v) is 13.4. The number of hydrogen-bond donors (Lipinski definition) is 3. The summed E-state index contributed by atoms with van der Waals surface area (Å²) in [6.45, 7) is 14.6. The molecule has 3 heterocycles. The maximum atomic E-state index is 16.5. The van der Waals surface area contributed by atoms with Crippen LogP contribution in [0.25, 0.3) is 21.9 Å². The van der Waals surface area contributed by atoms with Gasteiger partial charge >= 0.3 is 18.2 Å². The fourth-order valence-corrected chi connectivity index (χ4v) is 5.02. The van der Waals surface area contributed by atoms with Gasteiger partial charge in [0.25, 0.3) is 0 Å². The molecule has 1 saturated carbocycles. The lowest BCUT2D eigenvalue weighted by molar-refractivity contribution is 0.0565. The number of nitrogens with zero attached hydrogens (tertiary/aromatic N) is 3. The van der Waals surface area contributed by atoms with Crippen molar-refractivity contribution in [3.63, 3.8) is 0 Å². The molecule has 2 atom stereocenters. The largest absolute Gasteiger partial charge is 0.474 e. The topological polar surface area (TPSA) is 144 Å². The van der Waals surface area contributed by atoms with Crippen LogP contribution < -0.4 is 25.6 Å². The Bertz CT molecular complexity index is 1680. The summed E-state index contributed by atoms with van der Waals surface area (Å²) in [5, 5.41) is 8.91. The van der Waals surface area contributed by atoms with Crippen LogP contribution >= 0.6 is 0 Å². The third-order valence-electron chi connectivity index (χ3n) is 7.25. The molecule has 12 nitrogen and oxygen atoms in total. The number of urea groups is 1. The van der Waals surface area contributed by atoms with Crippen LogP contribution in [0.5, 0.6) is 5.88 Å². The average molecular weight is 623 g/mol. The van der Waals surface area contributed by atoms with Gasteiger partial charge in [-0.15, -0.1) is 0 Å². The molecular formula is C32H39FN6O6. The van der Waals surface area contributed by atoms with E-state index in [9.17, 15) is 14.4 Å². The predicted octanol–water partition coefficient (Wildman–Crippen LogP) is 6.76. The number of anilines is 3. The smallest absolute Gasteiger partial charge is 0.415 e. The second-order valence-electron chi connectivity index (χ2n) is 13.4. The molecule has 0 spiro atoms. The van der Waals surface area contributed by atoms with E-state index in [-0.39, 0.29) is 47.5 Å². The Balaban J connectivity index is 1.61. The van der Waals surface area contributed by atoms with Crippen molar-refractivity contribution < 1.29 is 33.0 Å². The van der Waals surface area contributed by atoms with Gasteiger partial charge in [-0.3, -0.25) is 15.5 Å². The number of pyridine rings is 2. The van der Waals surface area contributed by atoms with E-state index in [0.29, 0.717) is 28.1 Å². The maximum Gasteiger partial charge on any atom is 0.415 e. The number of aromatic nitrogens is 2. The number of halogens is 1. The quantitative estimate of drug-likeness (QED) is 0.290. The molecule has 5 rings (SSSR count). The summed E-state index contributed by atoms with van der Waals surface area (Å²) in [6.07, 6.45) is 2.30. The van der Waals surface area contributed by atoms with Crippen molar-refractivity contribution in [3.05, 3.63) is 35.9 Å². The molecule has 1 aliphatic carbocycles. The molecule has 240 valence electrons. The number of hydrogen-bond acceptors (Lipinski definition) is 8. The second kappa shape index (κ2) is 11.7. The molecule has 1 aliphatic heterocycles. The number of nitrogens with one attached hydrogen (secondary N) is 3. The van der Waals surface area contributed by atoms with Crippen LogP contribution in [0, 0.1) is 18.7 Å². The standard InChI is InChI=1S/C32H39FN6O6/c1-16-11-22(16)36-28(40)37-23-13-18-12-19(24(33)25(21(18)15-34-23)38-29(41)44-31(3,4)5)20-14-35-27-26(17(20)2)39(9-10-43-27)30(42)45-32(6,7)8/h12-16,22H,9-11H2,1-8H3,(H,38,41)(H2,34,36,37,40)/t16-,22+/m1/s1. The summed E-state index contributed by atoms with van der Waals surface area (Å²) >= 11 is 0. The Kier molecular flexibility index (Phi) is 8.23. The van der Waals surface area contributed by atoms with Gasteiger partial charge < -0.3 is 19.5 Å². The first-order valence-corrected chi connectivity index (χ1v) is 14.8. The van der Waals surface area contributed by atoms with Gasteiger partial charge in [0.2, 0.25) is 5.88 Å². The highest BCUT2D eigenvalue weighted by molar-refractivity contribution is 6.05. The van der Waals surface area contributed by atoms with E-state index < -0.39 is 35.2 Å². The molecule has 0 unspecified atom stereocenters. The Morgan fingerprint density at radius 1 is 1.00 bits per heavy atom. The molecule has 0 radical (unpaired) electrons. The van der Waals surface area contributed by atoms with Gasteiger partial charge in [0.05, 0.1) is 12.2 Å². The number of carbonyl (C=O) groups is 3. The van der Waals surface area contributed by atoms with Gasteiger partial charge in [0, 0.05) is 34.9 Å². The third-order valence-corrected chi connectivity index (χ3v) is 7.25. The molecule has 1 aromatic carbocycles. The molecule has 1 fully saturated rings. The Labute approximate surface area is 261 Å². The van der Waals surface area contributed by atoms with Gasteiger partial charge in [-0.05, 0) is 83.9 Å². The minimum Gasteiger partial charge on any atom is -0.474 e. The summed E-state index contributed by atoms with van der Waals surface area (Å²) in [7, 11) is 0. The average Bonchev–Trinajstić information content (AvgIpc) is 3.61. The van der Waals surface area contributed by atoms with Crippen molar-refractivity contribution in [2.24, 2.45) is 5.92 Å². The van der Waals surface area contributed by atoms with Crippen molar-refractivity contribution in [2.45, 2.75) is 79.1 Å². The van der Waals surface area contributed by atoms with Crippen LogP contribution in [0.15, 0.2) is 24.5 Å². The number of fused-ring (bicyclic) bond motifs is 2. The number of amides is 4. The number of carbonyl (C=O) groups excluding carboxylic acids is 3. The summed E-state index contributed by atoms with van der Waals surface area (Å²) in [6, 6.07) is 2.88. The fourth-order valence-electron chi connectivity index (χ4n) is 5.02. The zero-order chi connectivity index (χ0) is 32.8. The zero-order valence-corrected chi connectivity index (χ0v) is 26.8. The van der Waals surface area contributed by atoms with E-state index in [1.807, 2.05) is 6.92 Å². The molecule has 3 N–H and O–H groups in total. The molecule has 4 amide bonds. The minimum atomic E-state index is -0.857. The maximum absolute atomic E-state index is 16.5. The lowest BCUT2D eigenvalue weighted by atomic mass is 9.96. The van der Waals surface area contributed by atoms with Gasteiger partial charge in [-0.1, -0.05) is 6.92 Å². The first-order chi connectivity index (χ1) is 21.0. The first kappa shape index (κ1) is 31.7. The molecule has 2 aromatic heterocycles.